The van der Waals surface area contributed by atoms with E-state index in [1.165, 1.54) is 41.7 Å². The van der Waals surface area contributed by atoms with Crippen molar-refractivity contribution < 1.29 is 27.5 Å². The Morgan fingerprint density at radius 1 is 0.967 bits per heavy atom. The molecule has 2 aromatic carbocycles. The van der Waals surface area contributed by atoms with E-state index in [2.05, 4.69) is 5.32 Å². The van der Waals surface area contributed by atoms with Gasteiger partial charge in [0.15, 0.2) is 12.4 Å². The highest BCUT2D eigenvalue weighted by Crippen LogP contribution is 2.34. The maximum absolute atomic E-state index is 12.9. The monoisotopic (exact) mass is 441 g/mol. The van der Waals surface area contributed by atoms with Crippen molar-refractivity contribution in [1.82, 2.24) is 5.32 Å². The predicted octanol–water partition coefficient (Wildman–Crippen LogP) is 2.60. The number of carbonyl (C=O) groups is 3. The Bertz CT molecular complexity index is 1260. The second kappa shape index (κ2) is 7.85. The summed E-state index contributed by atoms with van der Waals surface area (Å²) >= 11 is 1.49. The molecule has 7 nitrogen and oxygen atoms in total. The first kappa shape index (κ1) is 20.0. The minimum Gasteiger partial charge on any atom is -0.452 e. The number of rotatable bonds is 5. The van der Waals surface area contributed by atoms with Crippen LogP contribution in [0, 0.1) is 0 Å². The van der Waals surface area contributed by atoms with Crippen LogP contribution in [0.2, 0.25) is 0 Å². The molecule has 0 bridgehead atoms. The maximum Gasteiger partial charge on any atom is 0.338 e. The van der Waals surface area contributed by atoms with Crippen LogP contribution < -0.4 is 5.32 Å². The van der Waals surface area contributed by atoms with Gasteiger partial charge in [-0.15, -0.1) is 11.3 Å². The number of hydrogen-bond acceptors (Lipinski definition) is 7. The van der Waals surface area contributed by atoms with E-state index in [4.69, 9.17) is 4.74 Å². The van der Waals surface area contributed by atoms with Crippen LogP contribution in [-0.4, -0.2) is 32.7 Å². The molecule has 0 saturated heterocycles. The number of fused-ring (bicyclic) bond motifs is 2. The van der Waals surface area contributed by atoms with Gasteiger partial charge in [0.25, 0.3) is 5.91 Å². The number of ketones is 1. The molecule has 0 radical (unpaired) electrons. The van der Waals surface area contributed by atoms with Crippen molar-refractivity contribution in [2.24, 2.45) is 0 Å². The van der Waals surface area contributed by atoms with Crippen molar-refractivity contribution in [2.45, 2.75) is 16.3 Å². The summed E-state index contributed by atoms with van der Waals surface area (Å²) in [6.07, 6.45) is 0. The molecule has 1 N–H and O–H groups in total. The first-order chi connectivity index (χ1) is 14.4. The summed E-state index contributed by atoms with van der Waals surface area (Å²) in [7, 11) is -3.96. The largest absolute Gasteiger partial charge is 0.452 e. The molecular weight excluding hydrogens is 426 g/mol. The Morgan fingerprint density at radius 3 is 2.50 bits per heavy atom. The van der Waals surface area contributed by atoms with Crippen LogP contribution in [0.25, 0.3) is 0 Å². The number of amides is 1. The second-order valence-electron chi connectivity index (χ2n) is 6.47. The van der Waals surface area contributed by atoms with Crippen molar-refractivity contribution in [3.63, 3.8) is 0 Å². The van der Waals surface area contributed by atoms with Gasteiger partial charge >= 0.3 is 5.97 Å². The van der Waals surface area contributed by atoms with Crippen molar-refractivity contribution in [3.05, 3.63) is 81.5 Å². The van der Waals surface area contributed by atoms with E-state index in [0.717, 1.165) is 10.9 Å². The fourth-order valence-electron chi connectivity index (χ4n) is 3.08. The first-order valence-electron chi connectivity index (χ1n) is 8.87. The average molecular weight is 441 g/mol. The van der Waals surface area contributed by atoms with Gasteiger partial charge < -0.3 is 10.1 Å². The number of hydrogen-bond donors (Lipinski definition) is 1. The molecule has 1 aliphatic rings. The van der Waals surface area contributed by atoms with Crippen molar-refractivity contribution in [2.75, 3.05) is 6.61 Å². The molecule has 30 heavy (non-hydrogen) atoms. The molecule has 4 rings (SSSR count). The molecule has 0 spiro atoms. The Kier molecular flexibility index (Phi) is 5.23. The fourth-order valence-corrected chi connectivity index (χ4v) is 5.40. The highest BCUT2D eigenvalue weighted by Gasteiger charge is 2.35. The standard InChI is InChI=1S/C21H15NO6S2/c23-19(22-11-14-4-3-9-29-14)12-28-21(25)13-7-8-16-18(10-13)30(26,27)17-6-2-1-5-15(17)20(16)24/h1-10H,11-12H2,(H,22,23). The summed E-state index contributed by atoms with van der Waals surface area (Å²) in [6, 6.07) is 13.4. The lowest BCUT2D eigenvalue weighted by Gasteiger charge is -2.19. The molecule has 1 amide bonds. The lowest BCUT2D eigenvalue weighted by atomic mass is 10.0. The third kappa shape index (κ3) is 3.64. The van der Waals surface area contributed by atoms with Crippen LogP contribution in [0.15, 0.2) is 69.8 Å². The van der Waals surface area contributed by atoms with Gasteiger partial charge in [0.05, 0.1) is 21.9 Å². The Labute approximate surface area is 176 Å². The highest BCUT2D eigenvalue weighted by atomic mass is 32.2. The number of thiophene rings is 1. The Balaban J connectivity index is 1.50. The zero-order valence-electron chi connectivity index (χ0n) is 15.5. The van der Waals surface area contributed by atoms with Gasteiger partial charge in [-0.25, -0.2) is 13.2 Å². The first-order valence-corrected chi connectivity index (χ1v) is 11.2. The summed E-state index contributed by atoms with van der Waals surface area (Å²) in [5.41, 5.74) is 0.0391. The molecule has 0 unspecified atom stereocenters. The van der Waals surface area contributed by atoms with Crippen LogP contribution in [0.5, 0.6) is 0 Å². The minimum absolute atomic E-state index is 0.000981. The molecule has 1 aliphatic heterocycles. The molecule has 0 saturated carbocycles. The summed E-state index contributed by atoms with van der Waals surface area (Å²) in [6.45, 7) is -0.178. The molecule has 2 heterocycles. The molecular formula is C21H15NO6S2. The summed E-state index contributed by atoms with van der Waals surface area (Å²) in [5.74, 6) is -1.76. The SMILES string of the molecule is O=C(COC(=O)c1ccc2c(c1)S(=O)(=O)c1ccccc1C2=O)NCc1cccs1. The second-order valence-corrected chi connectivity index (χ2v) is 9.39. The molecule has 3 aromatic rings. The third-order valence-electron chi connectivity index (χ3n) is 4.55. The van der Waals surface area contributed by atoms with Gasteiger partial charge in [0.1, 0.15) is 0 Å². The molecule has 9 heteroatoms. The van der Waals surface area contributed by atoms with Gasteiger partial charge in [-0.3, -0.25) is 9.59 Å². The number of carbonyl (C=O) groups excluding carboxylic acids is 3. The quantitative estimate of drug-likeness (QED) is 0.477. The van der Waals surface area contributed by atoms with Crippen LogP contribution >= 0.6 is 11.3 Å². The Hall–Kier alpha value is -3.30. The predicted molar refractivity (Wildman–Crippen MR) is 108 cm³/mol. The summed E-state index contributed by atoms with van der Waals surface area (Å²) < 4.78 is 30.8. The molecule has 0 atom stereocenters. The van der Waals surface area contributed by atoms with Gasteiger partial charge in [0.2, 0.25) is 9.84 Å². The third-order valence-corrected chi connectivity index (χ3v) is 7.28. The van der Waals surface area contributed by atoms with E-state index in [9.17, 15) is 22.8 Å². The zero-order valence-corrected chi connectivity index (χ0v) is 17.1. The molecule has 152 valence electrons. The van der Waals surface area contributed by atoms with E-state index in [0.29, 0.717) is 6.54 Å². The lowest BCUT2D eigenvalue weighted by Crippen LogP contribution is -2.28. The van der Waals surface area contributed by atoms with Crippen molar-refractivity contribution >= 4 is 38.8 Å². The number of sulfone groups is 1. The molecule has 0 aliphatic carbocycles. The number of ether oxygens (including phenoxy) is 1. The van der Waals surface area contributed by atoms with Crippen LogP contribution in [0.3, 0.4) is 0 Å². The van der Waals surface area contributed by atoms with E-state index >= 15 is 0 Å². The van der Waals surface area contributed by atoms with Gasteiger partial charge in [-0.1, -0.05) is 18.2 Å². The molecule has 1 aromatic heterocycles. The van der Waals surface area contributed by atoms with Crippen LogP contribution in [0.4, 0.5) is 0 Å². The van der Waals surface area contributed by atoms with Gasteiger partial charge in [0, 0.05) is 16.0 Å². The average Bonchev–Trinajstić information content (AvgIpc) is 3.28. The van der Waals surface area contributed by atoms with Gasteiger partial charge in [-0.05, 0) is 41.8 Å². The Morgan fingerprint density at radius 2 is 1.73 bits per heavy atom. The number of esters is 1. The minimum atomic E-state index is -3.96. The molecule has 0 fully saturated rings. The van der Waals surface area contributed by atoms with E-state index in [1.807, 2.05) is 17.5 Å². The number of benzene rings is 2. The van der Waals surface area contributed by atoms with E-state index in [-0.39, 0.29) is 26.5 Å². The normalized spacial score (nSPS) is 13.8. The van der Waals surface area contributed by atoms with Crippen LogP contribution in [0.1, 0.15) is 31.2 Å². The highest BCUT2D eigenvalue weighted by molar-refractivity contribution is 7.91. The smallest absolute Gasteiger partial charge is 0.338 e. The zero-order chi connectivity index (χ0) is 21.3. The van der Waals surface area contributed by atoms with E-state index < -0.39 is 34.1 Å². The van der Waals surface area contributed by atoms with Crippen molar-refractivity contribution in [3.8, 4) is 0 Å². The topological polar surface area (TPSA) is 107 Å². The summed E-state index contributed by atoms with van der Waals surface area (Å²) in [5, 5.41) is 4.51. The fraction of sp³-hybridized carbons (Fsp3) is 0.0952. The number of nitrogens with one attached hydrogen (secondary N) is 1. The van der Waals surface area contributed by atoms with Gasteiger partial charge in [-0.2, -0.15) is 0 Å². The maximum atomic E-state index is 12.9. The summed E-state index contributed by atoms with van der Waals surface area (Å²) in [4.78, 5) is 37.4. The lowest BCUT2D eigenvalue weighted by molar-refractivity contribution is -0.124. The van der Waals surface area contributed by atoms with Crippen molar-refractivity contribution in [1.29, 1.82) is 0 Å². The van der Waals surface area contributed by atoms with Crippen LogP contribution in [-0.2, 0) is 25.9 Å². The van der Waals surface area contributed by atoms with E-state index in [1.54, 1.807) is 6.07 Å².